The normalized spacial score (nSPS) is 11.6. The van der Waals surface area contributed by atoms with Gasteiger partial charge in [0.15, 0.2) is 5.78 Å². The van der Waals surface area contributed by atoms with Crippen LogP contribution in [0.2, 0.25) is 10.0 Å². The van der Waals surface area contributed by atoms with Crippen molar-refractivity contribution in [2.45, 2.75) is 6.18 Å². The van der Waals surface area contributed by atoms with Gasteiger partial charge in [-0.25, -0.2) is 0 Å². The minimum atomic E-state index is -4.66. The van der Waals surface area contributed by atoms with E-state index in [1.54, 1.807) is 0 Å². The minimum Gasteiger partial charge on any atom is -0.293 e. The topological polar surface area (TPSA) is 17.1 Å². The Labute approximate surface area is 108 Å². The Kier molecular flexibility index (Phi) is 4.26. The lowest BCUT2D eigenvalue weighted by Gasteiger charge is -2.13. The zero-order valence-corrected chi connectivity index (χ0v) is 10.6. The standard InChI is InChI=1S/C9H4BrCl2F3O/c10-3-7(16)8-5(9(13,14)15)1-4(11)2-6(8)12/h1-2H,3H2. The first-order chi connectivity index (χ1) is 7.27. The van der Waals surface area contributed by atoms with Crippen LogP contribution in [0.25, 0.3) is 0 Å². The molecular weight excluding hydrogens is 332 g/mol. The van der Waals surface area contributed by atoms with Crippen LogP contribution in [0.3, 0.4) is 0 Å². The summed E-state index contributed by atoms with van der Waals surface area (Å²) < 4.78 is 37.9. The number of Topliss-reactive ketones (excluding diaryl/α,β-unsaturated/α-hetero) is 1. The predicted octanol–water partition coefficient (Wildman–Crippen LogP) is 4.59. The minimum absolute atomic E-state index is 0.163. The second-order valence-corrected chi connectivity index (χ2v) is 4.27. The molecule has 88 valence electrons. The van der Waals surface area contributed by atoms with E-state index in [2.05, 4.69) is 15.9 Å². The maximum atomic E-state index is 12.6. The summed E-state index contributed by atoms with van der Waals surface area (Å²) in [5, 5.41) is -0.704. The number of hydrogen-bond acceptors (Lipinski definition) is 1. The number of carbonyl (C=O) groups is 1. The predicted molar refractivity (Wildman–Crippen MR) is 59.6 cm³/mol. The van der Waals surface area contributed by atoms with E-state index in [4.69, 9.17) is 23.2 Å². The number of ketones is 1. The van der Waals surface area contributed by atoms with E-state index < -0.39 is 23.1 Å². The number of rotatable bonds is 2. The summed E-state index contributed by atoms with van der Waals surface area (Å²) >= 11 is 13.9. The van der Waals surface area contributed by atoms with Crippen molar-refractivity contribution in [1.82, 2.24) is 0 Å². The molecule has 0 unspecified atom stereocenters. The van der Waals surface area contributed by atoms with Crippen molar-refractivity contribution in [2.75, 3.05) is 5.33 Å². The van der Waals surface area contributed by atoms with E-state index in [1.165, 1.54) is 0 Å². The third kappa shape index (κ3) is 2.90. The van der Waals surface area contributed by atoms with Gasteiger partial charge in [0, 0.05) is 10.6 Å². The molecule has 0 bridgehead atoms. The Balaban J connectivity index is 3.51. The first-order valence-corrected chi connectivity index (χ1v) is 5.80. The molecule has 16 heavy (non-hydrogen) atoms. The molecule has 0 amide bonds. The molecule has 0 spiro atoms. The zero-order chi connectivity index (χ0) is 12.5. The fourth-order valence-corrected chi connectivity index (χ4v) is 2.03. The summed E-state index contributed by atoms with van der Waals surface area (Å²) in [4.78, 5) is 11.3. The summed E-state index contributed by atoms with van der Waals surface area (Å²) in [6.45, 7) is 0. The van der Waals surface area contributed by atoms with Gasteiger partial charge in [0.2, 0.25) is 0 Å². The number of benzene rings is 1. The molecule has 7 heteroatoms. The molecule has 0 saturated heterocycles. The Morgan fingerprint density at radius 2 is 1.88 bits per heavy atom. The number of halogens is 6. The van der Waals surface area contributed by atoms with Gasteiger partial charge in [-0.15, -0.1) is 0 Å². The average molecular weight is 336 g/mol. The van der Waals surface area contributed by atoms with Gasteiger partial charge in [-0.05, 0) is 12.1 Å². The van der Waals surface area contributed by atoms with E-state index >= 15 is 0 Å². The average Bonchev–Trinajstić information content (AvgIpc) is 2.14. The van der Waals surface area contributed by atoms with Crippen LogP contribution in [0.1, 0.15) is 15.9 Å². The van der Waals surface area contributed by atoms with Gasteiger partial charge in [0.05, 0.1) is 15.9 Å². The lowest BCUT2D eigenvalue weighted by atomic mass is 10.0. The number of hydrogen-bond donors (Lipinski definition) is 0. The number of alkyl halides is 4. The van der Waals surface area contributed by atoms with Gasteiger partial charge in [0.1, 0.15) is 0 Å². The van der Waals surface area contributed by atoms with Crippen LogP contribution in [0.15, 0.2) is 12.1 Å². The lowest BCUT2D eigenvalue weighted by Crippen LogP contribution is -2.14. The van der Waals surface area contributed by atoms with E-state index in [1.807, 2.05) is 0 Å². The highest BCUT2D eigenvalue weighted by atomic mass is 79.9. The summed E-state index contributed by atoms with van der Waals surface area (Å²) in [6.07, 6.45) is -4.66. The van der Waals surface area contributed by atoms with E-state index in [-0.39, 0.29) is 15.4 Å². The molecule has 0 heterocycles. The molecule has 1 nitrogen and oxygen atoms in total. The quantitative estimate of drug-likeness (QED) is 0.570. The van der Waals surface area contributed by atoms with Gasteiger partial charge >= 0.3 is 6.18 Å². The van der Waals surface area contributed by atoms with E-state index in [0.717, 1.165) is 6.07 Å². The highest BCUT2D eigenvalue weighted by molar-refractivity contribution is 9.09. The lowest BCUT2D eigenvalue weighted by molar-refractivity contribution is -0.137. The zero-order valence-electron chi connectivity index (χ0n) is 7.54. The van der Waals surface area contributed by atoms with Crippen molar-refractivity contribution < 1.29 is 18.0 Å². The van der Waals surface area contributed by atoms with E-state index in [9.17, 15) is 18.0 Å². The Morgan fingerprint density at radius 3 is 2.31 bits per heavy atom. The highest BCUT2D eigenvalue weighted by Crippen LogP contribution is 2.37. The SMILES string of the molecule is O=C(CBr)c1c(Cl)cc(Cl)cc1C(F)(F)F. The smallest absolute Gasteiger partial charge is 0.293 e. The van der Waals surface area contributed by atoms with Gasteiger partial charge in [-0.3, -0.25) is 4.79 Å². The summed E-state index contributed by atoms with van der Waals surface area (Å²) in [5.74, 6) is -0.742. The van der Waals surface area contributed by atoms with Crippen LogP contribution in [0, 0.1) is 0 Å². The molecule has 0 saturated carbocycles. The van der Waals surface area contributed by atoms with Crippen LogP contribution in [0.5, 0.6) is 0 Å². The molecule has 1 aromatic rings. The monoisotopic (exact) mass is 334 g/mol. The van der Waals surface area contributed by atoms with Crippen molar-refractivity contribution in [3.8, 4) is 0 Å². The number of carbonyl (C=O) groups excluding carboxylic acids is 1. The van der Waals surface area contributed by atoms with Gasteiger partial charge < -0.3 is 0 Å². The Bertz CT molecular complexity index is 431. The van der Waals surface area contributed by atoms with E-state index in [0.29, 0.717) is 6.07 Å². The molecule has 0 N–H and O–H groups in total. The third-order valence-electron chi connectivity index (χ3n) is 1.76. The van der Waals surface area contributed by atoms with Crippen LogP contribution < -0.4 is 0 Å². The molecule has 1 aromatic carbocycles. The molecular formula is C9H4BrCl2F3O. The Hall–Kier alpha value is -0.260. The molecule has 0 atom stereocenters. The van der Waals surface area contributed by atoms with Crippen molar-refractivity contribution in [2.24, 2.45) is 0 Å². The highest BCUT2D eigenvalue weighted by Gasteiger charge is 2.36. The van der Waals surface area contributed by atoms with Crippen molar-refractivity contribution >= 4 is 44.9 Å². The summed E-state index contributed by atoms with van der Waals surface area (Å²) in [6, 6.07) is 1.79. The molecule has 0 aliphatic heterocycles. The maximum Gasteiger partial charge on any atom is 0.417 e. The molecule has 0 fully saturated rings. The van der Waals surface area contributed by atoms with Gasteiger partial charge in [0.25, 0.3) is 0 Å². The van der Waals surface area contributed by atoms with Crippen LogP contribution in [-0.2, 0) is 6.18 Å². The summed E-state index contributed by atoms with van der Waals surface area (Å²) in [5.41, 5.74) is -1.68. The molecule has 1 rings (SSSR count). The van der Waals surface area contributed by atoms with Crippen molar-refractivity contribution in [3.63, 3.8) is 0 Å². The first-order valence-electron chi connectivity index (χ1n) is 3.92. The molecule has 0 aliphatic rings. The fraction of sp³-hybridized carbons (Fsp3) is 0.222. The second-order valence-electron chi connectivity index (χ2n) is 2.86. The van der Waals surface area contributed by atoms with Gasteiger partial charge in [-0.1, -0.05) is 39.1 Å². The largest absolute Gasteiger partial charge is 0.417 e. The Morgan fingerprint density at radius 1 is 1.31 bits per heavy atom. The molecule has 0 aliphatic carbocycles. The second kappa shape index (κ2) is 4.94. The summed E-state index contributed by atoms with van der Waals surface area (Å²) in [7, 11) is 0. The van der Waals surface area contributed by atoms with Crippen LogP contribution in [0.4, 0.5) is 13.2 Å². The third-order valence-corrected chi connectivity index (χ3v) is 2.79. The van der Waals surface area contributed by atoms with Crippen LogP contribution in [-0.4, -0.2) is 11.1 Å². The van der Waals surface area contributed by atoms with Crippen molar-refractivity contribution in [3.05, 3.63) is 33.3 Å². The maximum absolute atomic E-state index is 12.6. The molecule has 0 radical (unpaired) electrons. The van der Waals surface area contributed by atoms with Gasteiger partial charge in [-0.2, -0.15) is 13.2 Å². The van der Waals surface area contributed by atoms with Crippen LogP contribution >= 0.6 is 39.1 Å². The fourth-order valence-electron chi connectivity index (χ4n) is 1.15. The van der Waals surface area contributed by atoms with Crippen molar-refractivity contribution in [1.29, 1.82) is 0 Å². The molecule has 0 aromatic heterocycles. The first kappa shape index (κ1) is 13.8.